The number of nitrogens with two attached hydrogens (primary N) is 1. The minimum atomic E-state index is -0.288. The summed E-state index contributed by atoms with van der Waals surface area (Å²) in [7, 11) is 0. The van der Waals surface area contributed by atoms with Gasteiger partial charge in [0.25, 0.3) is 0 Å². The Morgan fingerprint density at radius 2 is 2.16 bits per heavy atom. The van der Waals surface area contributed by atoms with Crippen molar-refractivity contribution in [3.63, 3.8) is 0 Å². The van der Waals surface area contributed by atoms with E-state index in [9.17, 15) is 9.59 Å². The van der Waals surface area contributed by atoms with E-state index in [2.05, 4.69) is 10.3 Å². The Labute approximate surface area is 152 Å². The van der Waals surface area contributed by atoms with Crippen molar-refractivity contribution in [2.75, 3.05) is 11.9 Å². The highest BCUT2D eigenvalue weighted by atomic mass is 35.5. The fraction of sp³-hybridized carbons (Fsp3) is 0.389. The summed E-state index contributed by atoms with van der Waals surface area (Å²) < 4.78 is 1.53. The maximum Gasteiger partial charge on any atom is 0.347 e. The fourth-order valence-electron chi connectivity index (χ4n) is 3.35. The van der Waals surface area contributed by atoms with Gasteiger partial charge in [-0.1, -0.05) is 18.6 Å². The Morgan fingerprint density at radius 3 is 2.92 bits per heavy atom. The molecule has 0 aliphatic heterocycles. The summed E-state index contributed by atoms with van der Waals surface area (Å²) in [6, 6.07) is 9.28. The molecule has 134 valence electrons. The number of carbonyl (C=O) groups excluding carboxylic acids is 1. The number of hydrogen-bond acceptors (Lipinski definition) is 4. The molecule has 1 fully saturated rings. The van der Waals surface area contributed by atoms with Crippen LogP contribution in [-0.4, -0.2) is 22.0 Å². The van der Waals surface area contributed by atoms with Crippen molar-refractivity contribution in [3.8, 4) is 0 Å². The molecule has 7 heteroatoms. The number of aromatic nitrogens is 2. The van der Waals surface area contributed by atoms with Gasteiger partial charge in [0.2, 0.25) is 5.91 Å². The second-order valence-corrected chi connectivity index (χ2v) is 6.25. The maximum atomic E-state index is 12.5. The molecule has 1 aliphatic rings. The van der Waals surface area contributed by atoms with Gasteiger partial charge in [0.05, 0.1) is 6.54 Å². The van der Waals surface area contributed by atoms with E-state index in [0.29, 0.717) is 13.1 Å². The lowest BCUT2D eigenvalue weighted by Crippen LogP contribution is -2.29. The van der Waals surface area contributed by atoms with Gasteiger partial charge in [-0.15, -0.1) is 12.4 Å². The van der Waals surface area contributed by atoms with Crippen molar-refractivity contribution < 1.29 is 4.79 Å². The van der Waals surface area contributed by atoms with E-state index < -0.39 is 0 Å². The van der Waals surface area contributed by atoms with Gasteiger partial charge in [-0.25, -0.2) is 9.78 Å². The third-order valence-electron chi connectivity index (χ3n) is 4.63. The lowest BCUT2D eigenvalue weighted by molar-refractivity contribution is -0.120. The zero-order valence-electron chi connectivity index (χ0n) is 13.9. The lowest BCUT2D eigenvalue weighted by Gasteiger charge is -2.17. The van der Waals surface area contributed by atoms with Crippen LogP contribution >= 0.6 is 12.4 Å². The molecule has 1 heterocycles. The number of anilines is 1. The monoisotopic (exact) mass is 362 g/mol. The Bertz CT molecular complexity index is 777. The van der Waals surface area contributed by atoms with Crippen molar-refractivity contribution in [1.82, 2.24) is 9.55 Å². The number of benzene rings is 1. The van der Waals surface area contributed by atoms with E-state index in [1.165, 1.54) is 10.8 Å². The molecular formula is C18H23ClN4O2. The predicted molar refractivity (Wildman–Crippen MR) is 99.8 cm³/mol. The van der Waals surface area contributed by atoms with Gasteiger partial charge in [-0.05, 0) is 49.1 Å². The summed E-state index contributed by atoms with van der Waals surface area (Å²) in [6.45, 7) is 0.979. The molecule has 0 saturated heterocycles. The molecule has 6 nitrogen and oxygen atoms in total. The smallest absolute Gasteiger partial charge is 0.330 e. The first kappa shape index (κ1) is 19.1. The van der Waals surface area contributed by atoms with Crippen molar-refractivity contribution in [3.05, 3.63) is 58.8 Å². The average molecular weight is 363 g/mol. The quantitative estimate of drug-likeness (QED) is 0.851. The first-order chi connectivity index (χ1) is 11.7. The first-order valence-electron chi connectivity index (χ1n) is 8.28. The lowest BCUT2D eigenvalue weighted by atomic mass is 9.95. The van der Waals surface area contributed by atoms with E-state index >= 15 is 0 Å². The molecule has 0 unspecified atom stereocenters. The van der Waals surface area contributed by atoms with Crippen LogP contribution in [-0.2, 0) is 11.3 Å². The molecule has 25 heavy (non-hydrogen) atoms. The van der Waals surface area contributed by atoms with Crippen LogP contribution in [0.4, 0.5) is 5.69 Å². The second kappa shape index (κ2) is 8.78. The topological polar surface area (TPSA) is 90.0 Å². The van der Waals surface area contributed by atoms with Crippen LogP contribution in [0, 0.1) is 11.8 Å². The number of rotatable bonds is 5. The third-order valence-corrected chi connectivity index (χ3v) is 4.63. The Kier molecular flexibility index (Phi) is 6.73. The fourth-order valence-corrected chi connectivity index (χ4v) is 3.35. The highest BCUT2D eigenvalue weighted by Crippen LogP contribution is 2.31. The normalized spacial score (nSPS) is 19.2. The molecular weight excluding hydrogens is 340 g/mol. The average Bonchev–Trinajstić information content (AvgIpc) is 3.06. The summed E-state index contributed by atoms with van der Waals surface area (Å²) in [5.74, 6) is 0.320. The summed E-state index contributed by atoms with van der Waals surface area (Å²) in [5.41, 5.74) is 7.16. The minimum Gasteiger partial charge on any atom is -0.330 e. The van der Waals surface area contributed by atoms with E-state index in [1.807, 2.05) is 24.3 Å². The summed E-state index contributed by atoms with van der Waals surface area (Å²) in [5, 5.41) is 2.99. The van der Waals surface area contributed by atoms with Gasteiger partial charge in [0, 0.05) is 24.0 Å². The van der Waals surface area contributed by atoms with Crippen LogP contribution in [0.5, 0.6) is 0 Å². The molecule has 0 bridgehead atoms. The van der Waals surface area contributed by atoms with Crippen LogP contribution in [0.25, 0.3) is 0 Å². The largest absolute Gasteiger partial charge is 0.347 e. The van der Waals surface area contributed by atoms with Gasteiger partial charge in [0.15, 0.2) is 0 Å². The zero-order valence-corrected chi connectivity index (χ0v) is 14.7. The Hall–Kier alpha value is -2.18. The summed E-state index contributed by atoms with van der Waals surface area (Å²) in [4.78, 5) is 27.9. The molecule has 1 amide bonds. The molecule has 3 rings (SSSR count). The highest BCUT2D eigenvalue weighted by Gasteiger charge is 2.31. The van der Waals surface area contributed by atoms with Crippen LogP contribution in [0.15, 0.2) is 47.5 Å². The molecule has 2 atom stereocenters. The highest BCUT2D eigenvalue weighted by molar-refractivity contribution is 5.93. The number of amides is 1. The number of nitrogens with one attached hydrogen (secondary N) is 1. The standard InChI is InChI=1S/C18H22N4O2.ClH/c19-11-14-5-2-7-16(14)17(23)21-15-6-1-4-13(10-15)12-22-9-3-8-20-18(22)24;/h1,3-4,6,8-10,14,16H,2,5,7,11-12,19H2,(H,21,23);1H/t14-,16-;/m1./s1. The van der Waals surface area contributed by atoms with Crippen LogP contribution < -0.4 is 16.7 Å². The van der Waals surface area contributed by atoms with Crippen LogP contribution in [0.1, 0.15) is 24.8 Å². The number of hydrogen-bond donors (Lipinski definition) is 2. The van der Waals surface area contributed by atoms with Crippen molar-refractivity contribution >= 4 is 24.0 Å². The maximum absolute atomic E-state index is 12.5. The summed E-state index contributed by atoms with van der Waals surface area (Å²) in [6.07, 6.45) is 6.16. The molecule has 1 aromatic carbocycles. The molecule has 1 saturated carbocycles. The molecule has 3 N–H and O–H groups in total. The molecule has 1 aromatic heterocycles. The number of halogens is 1. The minimum absolute atomic E-state index is 0. The van der Waals surface area contributed by atoms with E-state index in [-0.39, 0.29) is 35.8 Å². The van der Waals surface area contributed by atoms with Gasteiger partial charge in [-0.3, -0.25) is 9.36 Å². The Morgan fingerprint density at radius 1 is 1.32 bits per heavy atom. The number of carbonyl (C=O) groups is 1. The van der Waals surface area contributed by atoms with E-state index in [4.69, 9.17) is 5.73 Å². The van der Waals surface area contributed by atoms with Gasteiger partial charge < -0.3 is 11.1 Å². The van der Waals surface area contributed by atoms with Crippen molar-refractivity contribution in [2.45, 2.75) is 25.8 Å². The van der Waals surface area contributed by atoms with Crippen LogP contribution in [0.2, 0.25) is 0 Å². The molecule has 0 radical (unpaired) electrons. The molecule has 0 spiro atoms. The second-order valence-electron chi connectivity index (χ2n) is 6.25. The zero-order chi connectivity index (χ0) is 16.9. The predicted octanol–water partition coefficient (Wildman–Crippen LogP) is 2.03. The van der Waals surface area contributed by atoms with Crippen molar-refractivity contribution in [2.24, 2.45) is 17.6 Å². The summed E-state index contributed by atoms with van der Waals surface area (Å²) >= 11 is 0. The molecule has 2 aromatic rings. The van der Waals surface area contributed by atoms with Gasteiger partial charge in [-0.2, -0.15) is 0 Å². The van der Waals surface area contributed by atoms with Crippen LogP contribution in [0.3, 0.4) is 0 Å². The first-order valence-corrected chi connectivity index (χ1v) is 8.28. The van der Waals surface area contributed by atoms with Crippen molar-refractivity contribution in [1.29, 1.82) is 0 Å². The SMILES string of the molecule is Cl.NC[C@H]1CCC[C@H]1C(=O)Nc1cccc(Cn2cccnc2=O)c1. The number of nitrogens with zero attached hydrogens (tertiary/aromatic N) is 2. The Balaban J connectivity index is 0.00000225. The van der Waals surface area contributed by atoms with Gasteiger partial charge in [0.1, 0.15) is 0 Å². The van der Waals surface area contributed by atoms with E-state index in [1.54, 1.807) is 12.3 Å². The molecule has 1 aliphatic carbocycles. The third kappa shape index (κ3) is 4.67. The van der Waals surface area contributed by atoms with Gasteiger partial charge >= 0.3 is 5.69 Å². The van der Waals surface area contributed by atoms with E-state index in [0.717, 1.165) is 30.5 Å².